The fourth-order valence-electron chi connectivity index (χ4n) is 2.85. The van der Waals surface area contributed by atoms with Gasteiger partial charge in [-0.3, -0.25) is 14.6 Å². The van der Waals surface area contributed by atoms with Crippen LogP contribution in [-0.4, -0.2) is 54.0 Å². The SMILES string of the molecule is CC(C)C(C)(C#N)NC(=O)CN1CCN(Cc2cccc(Cl)c2Cl)CC1. The third-order valence-corrected chi connectivity index (χ3v) is 5.90. The van der Waals surface area contributed by atoms with E-state index < -0.39 is 5.54 Å². The highest BCUT2D eigenvalue weighted by Gasteiger charge is 2.30. The lowest BCUT2D eigenvalue weighted by molar-refractivity contribution is -0.124. The fraction of sp³-hybridized carbons (Fsp3) is 0.579. The Morgan fingerprint density at radius 1 is 1.27 bits per heavy atom. The number of hydrogen-bond acceptors (Lipinski definition) is 4. The van der Waals surface area contributed by atoms with Crippen LogP contribution in [0.1, 0.15) is 26.3 Å². The van der Waals surface area contributed by atoms with Crippen molar-refractivity contribution in [2.24, 2.45) is 5.92 Å². The summed E-state index contributed by atoms with van der Waals surface area (Å²) >= 11 is 12.3. The van der Waals surface area contributed by atoms with Crippen molar-refractivity contribution in [2.75, 3.05) is 32.7 Å². The van der Waals surface area contributed by atoms with Gasteiger partial charge in [0.05, 0.1) is 22.7 Å². The Bertz CT molecular complexity index is 681. The summed E-state index contributed by atoms with van der Waals surface area (Å²) in [6.07, 6.45) is 0. The smallest absolute Gasteiger partial charge is 0.235 e. The first kappa shape index (κ1) is 21.0. The summed E-state index contributed by atoms with van der Waals surface area (Å²) in [7, 11) is 0. The quantitative estimate of drug-likeness (QED) is 0.801. The summed E-state index contributed by atoms with van der Waals surface area (Å²) in [4.78, 5) is 16.7. The second kappa shape index (κ2) is 9.05. The molecule has 0 radical (unpaired) electrons. The van der Waals surface area contributed by atoms with Gasteiger partial charge < -0.3 is 5.32 Å². The first-order valence-corrected chi connectivity index (χ1v) is 9.60. The van der Waals surface area contributed by atoms with Crippen molar-refractivity contribution in [1.29, 1.82) is 5.26 Å². The van der Waals surface area contributed by atoms with Crippen LogP contribution in [0.25, 0.3) is 0 Å². The number of hydrogen-bond donors (Lipinski definition) is 1. The van der Waals surface area contributed by atoms with Crippen LogP contribution in [0.5, 0.6) is 0 Å². The Kier molecular flexibility index (Phi) is 7.31. The minimum atomic E-state index is -0.831. The zero-order chi connectivity index (χ0) is 19.3. The standard InChI is InChI=1S/C19H26Cl2N4O/c1-14(2)19(3,13-22)23-17(26)12-25-9-7-24(8-10-25)11-15-5-4-6-16(20)18(15)21/h4-6,14H,7-12H2,1-3H3,(H,23,26). The molecule has 1 aliphatic rings. The summed E-state index contributed by atoms with van der Waals surface area (Å²) in [6.45, 7) is 10.0. The molecule has 1 fully saturated rings. The van der Waals surface area contributed by atoms with Gasteiger partial charge in [-0.05, 0) is 24.5 Å². The number of carbonyl (C=O) groups excluding carboxylic acids is 1. The average Bonchev–Trinajstić information content (AvgIpc) is 2.60. The van der Waals surface area contributed by atoms with Crippen LogP contribution in [0.4, 0.5) is 0 Å². The molecule has 0 bridgehead atoms. The number of carbonyl (C=O) groups is 1. The Hall–Kier alpha value is -1.32. The van der Waals surface area contributed by atoms with Crippen molar-refractivity contribution >= 4 is 29.1 Å². The van der Waals surface area contributed by atoms with Crippen LogP contribution in [0, 0.1) is 17.2 Å². The van der Waals surface area contributed by atoms with Gasteiger partial charge in [0.25, 0.3) is 0 Å². The molecule has 1 aliphatic heterocycles. The molecule has 7 heteroatoms. The summed E-state index contributed by atoms with van der Waals surface area (Å²) in [5.74, 6) is -0.0511. The molecule has 1 amide bonds. The van der Waals surface area contributed by atoms with E-state index in [-0.39, 0.29) is 11.8 Å². The predicted molar refractivity (Wildman–Crippen MR) is 105 cm³/mol. The van der Waals surface area contributed by atoms with Gasteiger partial charge in [0.15, 0.2) is 0 Å². The van der Waals surface area contributed by atoms with E-state index in [1.54, 1.807) is 13.0 Å². The van der Waals surface area contributed by atoms with E-state index >= 15 is 0 Å². The van der Waals surface area contributed by atoms with Crippen molar-refractivity contribution in [3.8, 4) is 6.07 Å². The second-order valence-corrected chi connectivity index (χ2v) is 8.07. The van der Waals surface area contributed by atoms with Gasteiger partial charge in [0.1, 0.15) is 5.54 Å². The van der Waals surface area contributed by atoms with Crippen LogP contribution >= 0.6 is 23.2 Å². The van der Waals surface area contributed by atoms with Crippen molar-refractivity contribution in [2.45, 2.75) is 32.9 Å². The van der Waals surface area contributed by atoms with Crippen molar-refractivity contribution in [1.82, 2.24) is 15.1 Å². The number of benzene rings is 1. The molecular formula is C19H26Cl2N4O. The molecule has 0 spiro atoms. The monoisotopic (exact) mass is 396 g/mol. The van der Waals surface area contributed by atoms with Gasteiger partial charge in [-0.1, -0.05) is 49.2 Å². The predicted octanol–water partition coefficient (Wildman–Crippen LogP) is 3.17. The number of piperazine rings is 1. The van der Waals surface area contributed by atoms with Crippen LogP contribution in [0.15, 0.2) is 18.2 Å². The van der Waals surface area contributed by atoms with Gasteiger partial charge in [-0.25, -0.2) is 0 Å². The Morgan fingerprint density at radius 3 is 2.46 bits per heavy atom. The number of nitrogens with zero attached hydrogens (tertiary/aromatic N) is 3. The average molecular weight is 397 g/mol. The van der Waals surface area contributed by atoms with Gasteiger partial charge in [0.2, 0.25) is 5.91 Å². The van der Waals surface area contributed by atoms with Gasteiger partial charge >= 0.3 is 0 Å². The molecule has 1 aromatic rings. The molecule has 0 aromatic heterocycles. The first-order chi connectivity index (χ1) is 12.2. The lowest BCUT2D eigenvalue weighted by Gasteiger charge is -2.35. The largest absolute Gasteiger partial charge is 0.337 e. The van der Waals surface area contributed by atoms with Crippen LogP contribution in [0.3, 0.4) is 0 Å². The van der Waals surface area contributed by atoms with E-state index in [1.807, 2.05) is 26.0 Å². The maximum Gasteiger partial charge on any atom is 0.235 e. The molecule has 26 heavy (non-hydrogen) atoms. The number of amides is 1. The molecule has 1 saturated heterocycles. The minimum absolute atomic E-state index is 0.0516. The van der Waals surface area contributed by atoms with Gasteiger partial charge in [-0.15, -0.1) is 0 Å². The normalized spacial score (nSPS) is 18.3. The molecule has 0 saturated carbocycles. The van der Waals surface area contributed by atoms with E-state index in [0.29, 0.717) is 16.6 Å². The highest BCUT2D eigenvalue weighted by Crippen LogP contribution is 2.26. The van der Waals surface area contributed by atoms with E-state index in [2.05, 4.69) is 21.2 Å². The molecule has 0 aliphatic carbocycles. The van der Waals surface area contributed by atoms with Crippen LogP contribution in [-0.2, 0) is 11.3 Å². The van der Waals surface area contributed by atoms with Crippen molar-refractivity contribution in [3.05, 3.63) is 33.8 Å². The third-order valence-electron chi connectivity index (χ3n) is 5.04. The first-order valence-electron chi connectivity index (χ1n) is 8.85. The van der Waals surface area contributed by atoms with E-state index in [0.717, 1.165) is 38.3 Å². The molecular weight excluding hydrogens is 371 g/mol. The zero-order valence-corrected chi connectivity index (χ0v) is 17.1. The second-order valence-electron chi connectivity index (χ2n) is 7.28. The lowest BCUT2D eigenvalue weighted by atomic mass is 9.90. The molecule has 2 rings (SSSR count). The number of nitriles is 1. The molecule has 1 aromatic carbocycles. The third kappa shape index (κ3) is 5.34. The maximum absolute atomic E-state index is 12.3. The zero-order valence-electron chi connectivity index (χ0n) is 15.6. The number of halogens is 2. The highest BCUT2D eigenvalue weighted by molar-refractivity contribution is 6.42. The van der Waals surface area contributed by atoms with E-state index in [9.17, 15) is 10.1 Å². The minimum Gasteiger partial charge on any atom is -0.337 e. The van der Waals surface area contributed by atoms with Crippen LogP contribution in [0.2, 0.25) is 10.0 Å². The fourth-order valence-corrected chi connectivity index (χ4v) is 3.23. The van der Waals surface area contributed by atoms with E-state index in [1.165, 1.54) is 0 Å². The Balaban J connectivity index is 1.82. The topological polar surface area (TPSA) is 59.4 Å². The molecule has 5 nitrogen and oxygen atoms in total. The van der Waals surface area contributed by atoms with Crippen molar-refractivity contribution in [3.63, 3.8) is 0 Å². The van der Waals surface area contributed by atoms with Gasteiger partial charge in [-0.2, -0.15) is 5.26 Å². The maximum atomic E-state index is 12.3. The molecule has 142 valence electrons. The summed E-state index contributed by atoms with van der Waals surface area (Å²) in [5.41, 5.74) is 0.189. The Morgan fingerprint density at radius 2 is 1.88 bits per heavy atom. The molecule has 1 N–H and O–H groups in total. The summed E-state index contributed by atoms with van der Waals surface area (Å²) in [5, 5.41) is 13.4. The van der Waals surface area contributed by atoms with Gasteiger partial charge in [0, 0.05) is 32.7 Å². The van der Waals surface area contributed by atoms with Crippen molar-refractivity contribution < 1.29 is 4.79 Å². The summed E-state index contributed by atoms with van der Waals surface area (Å²) in [6, 6.07) is 7.89. The van der Waals surface area contributed by atoms with Crippen LogP contribution < -0.4 is 5.32 Å². The summed E-state index contributed by atoms with van der Waals surface area (Å²) < 4.78 is 0. The number of rotatable bonds is 6. The molecule has 1 heterocycles. The highest BCUT2D eigenvalue weighted by atomic mass is 35.5. The number of nitrogens with one attached hydrogen (secondary N) is 1. The Labute approximate surface area is 165 Å². The molecule has 1 atom stereocenters. The molecule has 1 unspecified atom stereocenters. The lowest BCUT2D eigenvalue weighted by Crippen LogP contribution is -2.54. The van der Waals surface area contributed by atoms with E-state index in [4.69, 9.17) is 23.2 Å².